The highest BCUT2D eigenvalue weighted by Crippen LogP contribution is 2.27. The molecular formula is C26H28ClN5+2. The molecule has 1 saturated heterocycles. The number of fused-ring (bicyclic) bond motifs is 3. The Kier molecular flexibility index (Phi) is 5.50. The number of quaternary nitrogens is 1. The van der Waals surface area contributed by atoms with Gasteiger partial charge in [-0.25, -0.2) is 0 Å². The molecule has 0 saturated carbocycles. The van der Waals surface area contributed by atoms with Crippen LogP contribution in [0.25, 0.3) is 16.7 Å². The first-order chi connectivity index (χ1) is 15.5. The number of nitrogens with one attached hydrogen (secondary N) is 2. The molecule has 2 aromatic heterocycles. The Morgan fingerprint density at radius 3 is 2.53 bits per heavy atom. The molecule has 3 heterocycles. The second-order valence-electron chi connectivity index (χ2n) is 8.97. The first kappa shape index (κ1) is 20.8. The Labute approximate surface area is 193 Å². The molecule has 5 nitrogen and oxygen atoms in total. The van der Waals surface area contributed by atoms with E-state index in [0.29, 0.717) is 0 Å². The maximum Gasteiger partial charge on any atom is 0.250 e. The number of pyridine rings is 1. The number of rotatable bonds is 4. The topological polar surface area (TPSA) is 51.4 Å². The van der Waals surface area contributed by atoms with Gasteiger partial charge >= 0.3 is 0 Å². The zero-order valence-electron chi connectivity index (χ0n) is 18.5. The molecule has 2 N–H and O–H groups in total. The Hall–Kier alpha value is -3.07. The van der Waals surface area contributed by atoms with Crippen molar-refractivity contribution in [1.82, 2.24) is 4.98 Å². The quantitative estimate of drug-likeness (QED) is 0.473. The van der Waals surface area contributed by atoms with Crippen molar-refractivity contribution in [3.05, 3.63) is 76.3 Å². The van der Waals surface area contributed by atoms with E-state index < -0.39 is 0 Å². The monoisotopic (exact) mass is 445 g/mol. The van der Waals surface area contributed by atoms with Crippen LogP contribution >= 0.6 is 11.6 Å². The van der Waals surface area contributed by atoms with Crippen LogP contribution in [0.4, 0.5) is 5.82 Å². The van der Waals surface area contributed by atoms with Crippen LogP contribution in [0.5, 0.6) is 0 Å². The van der Waals surface area contributed by atoms with Crippen LogP contribution in [0.2, 0.25) is 5.02 Å². The van der Waals surface area contributed by atoms with Crippen LogP contribution in [0, 0.1) is 11.3 Å². The van der Waals surface area contributed by atoms with Gasteiger partial charge < -0.3 is 4.90 Å². The number of H-pyrrole nitrogens is 1. The van der Waals surface area contributed by atoms with Crippen molar-refractivity contribution in [3.8, 4) is 6.07 Å². The number of aromatic amines is 1. The van der Waals surface area contributed by atoms with Gasteiger partial charge in [0.25, 0.3) is 0 Å². The lowest BCUT2D eigenvalue weighted by atomic mass is 9.98. The van der Waals surface area contributed by atoms with Crippen molar-refractivity contribution >= 4 is 34.1 Å². The molecule has 1 aliphatic heterocycles. The first-order valence-corrected chi connectivity index (χ1v) is 11.7. The van der Waals surface area contributed by atoms with Crippen LogP contribution in [0.1, 0.15) is 36.5 Å². The number of nitriles is 1. The normalized spacial score (nSPS) is 15.0. The molecule has 6 heteroatoms. The van der Waals surface area contributed by atoms with Gasteiger partial charge in [-0.15, -0.1) is 0 Å². The highest BCUT2D eigenvalue weighted by molar-refractivity contribution is 6.30. The number of halogens is 1. The average molecular weight is 446 g/mol. The Balaban J connectivity index is 1.50. The van der Waals surface area contributed by atoms with E-state index in [-0.39, 0.29) is 5.92 Å². The second-order valence-corrected chi connectivity index (χ2v) is 9.40. The maximum atomic E-state index is 9.98. The number of hydrogen-bond donors (Lipinski definition) is 2. The van der Waals surface area contributed by atoms with Gasteiger partial charge in [0.1, 0.15) is 55.4 Å². The minimum Gasteiger partial charge on any atom is -0.326 e. The van der Waals surface area contributed by atoms with Crippen LogP contribution in [-0.2, 0) is 6.54 Å². The van der Waals surface area contributed by atoms with Crippen LogP contribution < -0.4 is 14.2 Å². The van der Waals surface area contributed by atoms with Crippen molar-refractivity contribution in [3.63, 3.8) is 0 Å². The van der Waals surface area contributed by atoms with E-state index in [1.165, 1.54) is 11.4 Å². The number of aromatic nitrogens is 2. The van der Waals surface area contributed by atoms with Crippen molar-refractivity contribution in [2.75, 3.05) is 31.1 Å². The van der Waals surface area contributed by atoms with Gasteiger partial charge in [0, 0.05) is 16.7 Å². The fourth-order valence-corrected chi connectivity index (χ4v) is 4.95. The van der Waals surface area contributed by atoms with Crippen LogP contribution in [-0.4, -0.2) is 31.2 Å². The summed E-state index contributed by atoms with van der Waals surface area (Å²) in [6.45, 7) is 9.45. The predicted octanol–water partition coefficient (Wildman–Crippen LogP) is 3.46. The van der Waals surface area contributed by atoms with E-state index in [0.717, 1.165) is 65.6 Å². The summed E-state index contributed by atoms with van der Waals surface area (Å²) < 4.78 is 2.24. The summed E-state index contributed by atoms with van der Waals surface area (Å²) >= 11 is 6.04. The minimum absolute atomic E-state index is 0.275. The van der Waals surface area contributed by atoms with Gasteiger partial charge in [0.2, 0.25) is 11.5 Å². The maximum absolute atomic E-state index is 9.98. The summed E-state index contributed by atoms with van der Waals surface area (Å²) in [6, 6.07) is 21.2. The van der Waals surface area contributed by atoms with Crippen LogP contribution in [0.3, 0.4) is 0 Å². The molecule has 1 fully saturated rings. The summed E-state index contributed by atoms with van der Waals surface area (Å²) in [6.07, 6.45) is 0. The van der Waals surface area contributed by atoms with Crippen molar-refractivity contribution in [2.45, 2.75) is 26.3 Å². The molecule has 0 unspecified atom stereocenters. The van der Waals surface area contributed by atoms with Crippen molar-refractivity contribution in [2.24, 2.45) is 0 Å². The number of benzene rings is 2. The van der Waals surface area contributed by atoms with Gasteiger partial charge in [-0.2, -0.15) is 9.66 Å². The van der Waals surface area contributed by atoms with Gasteiger partial charge in [-0.1, -0.05) is 49.7 Å². The number of imidazole rings is 1. The number of anilines is 1. The third-order valence-corrected chi connectivity index (χ3v) is 6.81. The highest BCUT2D eigenvalue weighted by atomic mass is 35.5. The third kappa shape index (κ3) is 3.70. The smallest absolute Gasteiger partial charge is 0.250 e. The second kappa shape index (κ2) is 8.46. The zero-order chi connectivity index (χ0) is 22.2. The molecule has 1 aliphatic rings. The molecule has 0 radical (unpaired) electrons. The molecule has 4 aromatic rings. The lowest BCUT2D eigenvalue weighted by molar-refractivity contribution is -0.914. The fourth-order valence-electron chi connectivity index (χ4n) is 4.83. The van der Waals surface area contributed by atoms with Crippen molar-refractivity contribution < 1.29 is 9.30 Å². The van der Waals surface area contributed by atoms with E-state index in [9.17, 15) is 5.26 Å². The SMILES string of the molecule is CC(C)c1cc(N2CC[NH+](Cc3ccc(Cl)cc3)CC2)[n+]2c([nH]c3ccccc32)c1C#N. The van der Waals surface area contributed by atoms with Gasteiger partial charge in [-0.05, 0) is 35.7 Å². The molecule has 0 spiro atoms. The molecule has 2 aromatic carbocycles. The molecule has 0 amide bonds. The summed E-state index contributed by atoms with van der Waals surface area (Å²) in [5.41, 5.74) is 6.23. The molecule has 0 atom stereocenters. The largest absolute Gasteiger partial charge is 0.326 e. The number of piperazine rings is 1. The Bertz CT molecular complexity index is 1310. The standard InChI is InChI=1S/C26H26ClN5/c1-18(2)21-15-25(32-24-6-4-3-5-23(24)29-26(32)22(21)16-28)31-13-11-30(12-14-31)17-19-7-9-20(27)10-8-19/h3-10,15,18H,11-14,17H2,1-2H3/p+2. The van der Waals surface area contributed by atoms with Gasteiger partial charge in [0.15, 0.2) is 0 Å². The summed E-state index contributed by atoms with van der Waals surface area (Å²) in [5, 5.41) is 10.8. The van der Waals surface area contributed by atoms with Gasteiger partial charge in [-0.3, -0.25) is 9.88 Å². The predicted molar refractivity (Wildman–Crippen MR) is 128 cm³/mol. The Morgan fingerprint density at radius 1 is 1.12 bits per heavy atom. The highest BCUT2D eigenvalue weighted by Gasteiger charge is 2.30. The lowest BCUT2D eigenvalue weighted by Gasteiger charge is -2.30. The van der Waals surface area contributed by atoms with E-state index in [1.807, 2.05) is 18.2 Å². The van der Waals surface area contributed by atoms with Gasteiger partial charge in [0.05, 0.1) is 0 Å². The number of hydrogen-bond acceptors (Lipinski definition) is 2. The van der Waals surface area contributed by atoms with E-state index in [1.54, 1.807) is 4.90 Å². The van der Waals surface area contributed by atoms with Crippen LogP contribution in [0.15, 0.2) is 54.6 Å². The number of para-hydroxylation sites is 2. The minimum atomic E-state index is 0.275. The Morgan fingerprint density at radius 2 is 1.84 bits per heavy atom. The fraction of sp³-hybridized carbons (Fsp3) is 0.308. The van der Waals surface area contributed by atoms with E-state index in [2.05, 4.69) is 70.6 Å². The number of nitrogens with zero attached hydrogens (tertiary/aromatic N) is 3. The van der Waals surface area contributed by atoms with Crippen molar-refractivity contribution in [1.29, 1.82) is 5.26 Å². The molecule has 162 valence electrons. The average Bonchev–Trinajstić information content (AvgIpc) is 3.19. The molecule has 0 bridgehead atoms. The first-order valence-electron chi connectivity index (χ1n) is 11.3. The molecule has 5 rings (SSSR count). The molecular weight excluding hydrogens is 418 g/mol. The summed E-state index contributed by atoms with van der Waals surface area (Å²) in [5.74, 6) is 1.45. The third-order valence-electron chi connectivity index (χ3n) is 6.56. The lowest BCUT2D eigenvalue weighted by Crippen LogP contribution is -3.13. The summed E-state index contributed by atoms with van der Waals surface area (Å²) in [7, 11) is 0. The molecule has 32 heavy (non-hydrogen) atoms. The van der Waals surface area contributed by atoms with E-state index in [4.69, 9.17) is 11.6 Å². The molecule has 0 aliphatic carbocycles. The van der Waals surface area contributed by atoms with E-state index >= 15 is 0 Å². The summed E-state index contributed by atoms with van der Waals surface area (Å²) in [4.78, 5) is 7.58. The zero-order valence-corrected chi connectivity index (χ0v) is 19.3.